The summed E-state index contributed by atoms with van der Waals surface area (Å²) < 4.78 is 5.97. The Morgan fingerprint density at radius 3 is 2.32 bits per heavy atom. The van der Waals surface area contributed by atoms with E-state index < -0.39 is 29.7 Å². The van der Waals surface area contributed by atoms with E-state index in [-0.39, 0.29) is 6.42 Å². The van der Waals surface area contributed by atoms with Crippen LogP contribution in [-0.4, -0.2) is 28.8 Å². The highest BCUT2D eigenvalue weighted by Gasteiger charge is 2.26. The minimum atomic E-state index is -1.15. The first-order valence-electron chi connectivity index (χ1n) is 6.82. The van der Waals surface area contributed by atoms with Crippen LogP contribution in [0.4, 0.5) is 4.79 Å². The summed E-state index contributed by atoms with van der Waals surface area (Å²) in [4.78, 5) is 23.0. The van der Waals surface area contributed by atoms with Crippen molar-refractivity contribution in [2.75, 3.05) is 0 Å². The number of aliphatic carboxylic acids is 1. The lowest BCUT2D eigenvalue weighted by atomic mass is 10.0. The SMILES string of the molecule is CC(C)(C)OC(=O)N[C@@H](C[C@@H](N)c1ccc(Br)cc1)C(=O)O. The van der Waals surface area contributed by atoms with E-state index in [1.54, 1.807) is 32.9 Å². The van der Waals surface area contributed by atoms with Crippen molar-refractivity contribution in [3.05, 3.63) is 34.3 Å². The molecule has 0 radical (unpaired) electrons. The summed E-state index contributed by atoms with van der Waals surface area (Å²) in [7, 11) is 0. The van der Waals surface area contributed by atoms with Crippen LogP contribution in [0, 0.1) is 0 Å². The highest BCUT2D eigenvalue weighted by Crippen LogP contribution is 2.19. The Bertz CT molecular complexity index is 525. The quantitative estimate of drug-likeness (QED) is 0.737. The number of amides is 1. The van der Waals surface area contributed by atoms with Crippen molar-refractivity contribution < 1.29 is 19.4 Å². The van der Waals surface area contributed by atoms with Gasteiger partial charge in [0.05, 0.1) is 0 Å². The number of carboxylic acids is 1. The van der Waals surface area contributed by atoms with Gasteiger partial charge in [0, 0.05) is 10.5 Å². The Balaban J connectivity index is 2.70. The van der Waals surface area contributed by atoms with Gasteiger partial charge in [-0.05, 0) is 44.9 Å². The second kappa shape index (κ2) is 7.60. The van der Waals surface area contributed by atoms with Gasteiger partial charge in [-0.3, -0.25) is 0 Å². The molecule has 0 aromatic heterocycles. The van der Waals surface area contributed by atoms with Crippen molar-refractivity contribution in [3.8, 4) is 0 Å². The molecule has 7 heteroatoms. The molecule has 2 atom stereocenters. The normalized spacial score (nSPS) is 14.0. The van der Waals surface area contributed by atoms with Crippen LogP contribution >= 0.6 is 15.9 Å². The average molecular weight is 373 g/mol. The summed E-state index contributed by atoms with van der Waals surface area (Å²) in [6.45, 7) is 5.11. The van der Waals surface area contributed by atoms with Crippen LogP contribution in [0.2, 0.25) is 0 Å². The van der Waals surface area contributed by atoms with Gasteiger partial charge in [-0.1, -0.05) is 28.1 Å². The molecule has 0 aliphatic carbocycles. The van der Waals surface area contributed by atoms with Gasteiger partial charge in [0.1, 0.15) is 11.6 Å². The summed E-state index contributed by atoms with van der Waals surface area (Å²) in [5, 5.41) is 11.6. The number of rotatable bonds is 5. The maximum absolute atomic E-state index is 11.7. The maximum atomic E-state index is 11.7. The fraction of sp³-hybridized carbons (Fsp3) is 0.467. The molecule has 0 aliphatic heterocycles. The molecule has 4 N–H and O–H groups in total. The van der Waals surface area contributed by atoms with E-state index in [1.807, 2.05) is 12.1 Å². The van der Waals surface area contributed by atoms with Crippen molar-refractivity contribution in [2.45, 2.75) is 44.9 Å². The van der Waals surface area contributed by atoms with Gasteiger partial charge in [-0.2, -0.15) is 0 Å². The van der Waals surface area contributed by atoms with Crippen LogP contribution in [0.3, 0.4) is 0 Å². The van der Waals surface area contributed by atoms with Gasteiger partial charge in [0.25, 0.3) is 0 Å². The van der Waals surface area contributed by atoms with E-state index in [0.717, 1.165) is 10.0 Å². The van der Waals surface area contributed by atoms with E-state index in [4.69, 9.17) is 10.5 Å². The lowest BCUT2D eigenvalue weighted by Gasteiger charge is -2.23. The van der Waals surface area contributed by atoms with Crippen molar-refractivity contribution in [3.63, 3.8) is 0 Å². The number of carboxylic acid groups (broad SMARTS) is 1. The maximum Gasteiger partial charge on any atom is 0.408 e. The van der Waals surface area contributed by atoms with E-state index in [1.165, 1.54) is 0 Å². The molecule has 122 valence electrons. The molecule has 0 heterocycles. The highest BCUT2D eigenvalue weighted by atomic mass is 79.9. The summed E-state index contributed by atoms with van der Waals surface area (Å²) in [5.41, 5.74) is 6.11. The zero-order valence-corrected chi connectivity index (χ0v) is 14.4. The van der Waals surface area contributed by atoms with Crippen molar-refractivity contribution in [1.82, 2.24) is 5.32 Å². The Morgan fingerprint density at radius 1 is 1.32 bits per heavy atom. The molecule has 0 fully saturated rings. The molecular formula is C15H21BrN2O4. The summed E-state index contributed by atoms with van der Waals surface area (Å²) >= 11 is 3.32. The van der Waals surface area contributed by atoms with Crippen LogP contribution < -0.4 is 11.1 Å². The van der Waals surface area contributed by atoms with Crippen LogP contribution in [0.5, 0.6) is 0 Å². The molecule has 0 saturated heterocycles. The van der Waals surface area contributed by atoms with E-state index in [9.17, 15) is 14.7 Å². The van der Waals surface area contributed by atoms with Crippen LogP contribution in [0.25, 0.3) is 0 Å². The number of hydrogen-bond donors (Lipinski definition) is 3. The molecule has 0 aliphatic rings. The Morgan fingerprint density at radius 2 is 1.86 bits per heavy atom. The first-order valence-corrected chi connectivity index (χ1v) is 7.61. The van der Waals surface area contributed by atoms with Crippen LogP contribution in [-0.2, 0) is 9.53 Å². The fourth-order valence-corrected chi connectivity index (χ4v) is 2.04. The number of carbonyl (C=O) groups excluding carboxylic acids is 1. The third-order valence-electron chi connectivity index (χ3n) is 2.78. The molecule has 1 aromatic carbocycles. The topological polar surface area (TPSA) is 102 Å². The molecular weight excluding hydrogens is 352 g/mol. The fourth-order valence-electron chi connectivity index (χ4n) is 1.77. The minimum Gasteiger partial charge on any atom is -0.480 e. The number of ether oxygens (including phenoxy) is 1. The van der Waals surface area contributed by atoms with E-state index in [2.05, 4.69) is 21.2 Å². The van der Waals surface area contributed by atoms with E-state index >= 15 is 0 Å². The first-order chi connectivity index (χ1) is 10.1. The smallest absolute Gasteiger partial charge is 0.408 e. The lowest BCUT2D eigenvalue weighted by molar-refractivity contribution is -0.139. The molecule has 6 nitrogen and oxygen atoms in total. The van der Waals surface area contributed by atoms with Gasteiger partial charge in [0.2, 0.25) is 0 Å². The van der Waals surface area contributed by atoms with Crippen molar-refractivity contribution in [1.29, 1.82) is 0 Å². The number of benzene rings is 1. The lowest BCUT2D eigenvalue weighted by Crippen LogP contribution is -2.44. The Kier molecular flexibility index (Phi) is 6.37. The minimum absolute atomic E-state index is 0.0657. The largest absolute Gasteiger partial charge is 0.480 e. The molecule has 0 unspecified atom stereocenters. The van der Waals surface area contributed by atoms with Gasteiger partial charge in [-0.15, -0.1) is 0 Å². The number of nitrogens with two attached hydrogens (primary N) is 1. The third-order valence-corrected chi connectivity index (χ3v) is 3.31. The van der Waals surface area contributed by atoms with Crippen molar-refractivity contribution in [2.24, 2.45) is 5.73 Å². The van der Waals surface area contributed by atoms with Gasteiger partial charge in [0.15, 0.2) is 0 Å². The number of hydrogen-bond acceptors (Lipinski definition) is 4. The predicted molar refractivity (Wildman–Crippen MR) is 86.5 cm³/mol. The highest BCUT2D eigenvalue weighted by molar-refractivity contribution is 9.10. The number of nitrogens with one attached hydrogen (secondary N) is 1. The number of halogens is 1. The molecule has 22 heavy (non-hydrogen) atoms. The summed E-state index contributed by atoms with van der Waals surface area (Å²) in [6.07, 6.45) is -0.709. The average Bonchev–Trinajstić information content (AvgIpc) is 2.36. The van der Waals surface area contributed by atoms with Crippen LogP contribution in [0.1, 0.15) is 38.8 Å². The number of carbonyl (C=O) groups is 2. The predicted octanol–water partition coefficient (Wildman–Crippen LogP) is 2.82. The molecule has 1 aromatic rings. The van der Waals surface area contributed by atoms with Crippen LogP contribution in [0.15, 0.2) is 28.7 Å². The zero-order valence-electron chi connectivity index (χ0n) is 12.8. The standard InChI is InChI=1S/C15H21BrN2O4/c1-15(2,3)22-14(21)18-12(13(19)20)8-11(17)9-4-6-10(16)7-5-9/h4-7,11-12H,8,17H2,1-3H3,(H,18,21)(H,19,20)/t11-,12+/m1/s1. The Labute approximate surface area is 138 Å². The molecule has 0 spiro atoms. The summed E-state index contributed by atoms with van der Waals surface area (Å²) in [6, 6.07) is 5.64. The first kappa shape index (κ1) is 18.4. The van der Waals surface area contributed by atoms with Crippen molar-refractivity contribution >= 4 is 28.0 Å². The molecule has 1 amide bonds. The molecule has 0 saturated carbocycles. The third kappa shape index (κ3) is 6.44. The monoisotopic (exact) mass is 372 g/mol. The van der Waals surface area contributed by atoms with Gasteiger partial charge < -0.3 is 20.9 Å². The molecule has 1 rings (SSSR count). The number of alkyl carbamates (subject to hydrolysis) is 1. The van der Waals surface area contributed by atoms with Gasteiger partial charge >= 0.3 is 12.1 Å². The summed E-state index contributed by atoms with van der Waals surface area (Å²) in [5.74, 6) is -1.15. The second-order valence-corrected chi connectivity index (χ2v) is 6.85. The van der Waals surface area contributed by atoms with E-state index in [0.29, 0.717) is 0 Å². The van der Waals surface area contributed by atoms with Gasteiger partial charge in [-0.25, -0.2) is 9.59 Å². The zero-order chi connectivity index (χ0) is 16.9. The Hall–Kier alpha value is -1.60. The molecule has 0 bridgehead atoms. The second-order valence-electron chi connectivity index (χ2n) is 5.93.